The van der Waals surface area contributed by atoms with Gasteiger partial charge in [0.25, 0.3) is 0 Å². The molecule has 0 amide bonds. The molecule has 0 fully saturated rings. The molecule has 158 valence electrons. The van der Waals surface area contributed by atoms with E-state index in [4.69, 9.17) is 0 Å². The minimum absolute atomic E-state index is 0. The van der Waals surface area contributed by atoms with Crippen molar-refractivity contribution in [3.05, 3.63) is 96.3 Å². The quantitative estimate of drug-likeness (QED) is 0.216. The van der Waals surface area contributed by atoms with E-state index in [9.17, 15) is 0 Å². The number of rotatable bonds is 2. The molecule has 1 atom stereocenters. The van der Waals surface area contributed by atoms with Gasteiger partial charge in [-0.15, -0.1) is 18.1 Å². The summed E-state index contributed by atoms with van der Waals surface area (Å²) in [4.78, 5) is 0. The molecule has 4 rings (SSSR count). The average molecular weight is 565 g/mol. The van der Waals surface area contributed by atoms with Gasteiger partial charge in [-0.1, -0.05) is 91.1 Å². The third-order valence-electron chi connectivity index (χ3n) is 6.65. The normalized spacial score (nSPS) is 12.4. The van der Waals surface area contributed by atoms with Crippen molar-refractivity contribution < 1.29 is 25.8 Å². The number of hydrogen-bond donors (Lipinski definition) is 0. The van der Waals surface area contributed by atoms with Gasteiger partial charge in [0.15, 0.2) is 0 Å². The van der Waals surface area contributed by atoms with Crippen LogP contribution < -0.4 is 0 Å². The smallest absolute Gasteiger partial charge is 0.358 e. The molecule has 0 saturated heterocycles. The van der Waals surface area contributed by atoms with Crippen LogP contribution in [0.3, 0.4) is 0 Å². The van der Waals surface area contributed by atoms with E-state index in [1.807, 2.05) is 0 Å². The van der Waals surface area contributed by atoms with Gasteiger partial charge in [-0.3, -0.25) is 6.08 Å². The standard InChI is InChI=1S/C17H17.C10H15.2CH3.Hf/c1-3-12(2)16-9-8-15-10-13-6-4-5-7-14(13)11-17(15)16;1-6-7(2)9(4)10(5)8(6)3;;;/h4-7,10-12H,3,8H2,1-2H3;1-5H3;2*1H3;/q4*-1;+4. The fourth-order valence-corrected chi connectivity index (χ4v) is 4.02. The third kappa shape index (κ3) is 5.47. The minimum Gasteiger partial charge on any atom is -0.358 e. The first-order valence-corrected chi connectivity index (χ1v) is 10.2. The molecule has 1 aliphatic rings. The summed E-state index contributed by atoms with van der Waals surface area (Å²) >= 11 is 0. The summed E-state index contributed by atoms with van der Waals surface area (Å²) in [5.41, 5.74) is 11.6. The summed E-state index contributed by atoms with van der Waals surface area (Å²) in [6.07, 6.45) is 5.74. The molecule has 3 aromatic rings. The first-order valence-electron chi connectivity index (χ1n) is 10.2. The molecular formula is C29H38Hf. The van der Waals surface area contributed by atoms with Gasteiger partial charge in [0.1, 0.15) is 0 Å². The fraction of sp³-hybridized carbons (Fsp3) is 0.345. The van der Waals surface area contributed by atoms with Gasteiger partial charge in [0, 0.05) is 0 Å². The van der Waals surface area contributed by atoms with E-state index in [0.29, 0.717) is 5.92 Å². The van der Waals surface area contributed by atoms with Crippen LogP contribution in [0.5, 0.6) is 0 Å². The zero-order valence-corrected chi connectivity index (χ0v) is 24.0. The Morgan fingerprint density at radius 2 is 1.43 bits per heavy atom. The molecule has 0 saturated carbocycles. The van der Waals surface area contributed by atoms with Crippen molar-refractivity contribution >= 4 is 16.3 Å². The van der Waals surface area contributed by atoms with Crippen molar-refractivity contribution in [3.63, 3.8) is 0 Å². The molecule has 0 nitrogen and oxygen atoms in total. The van der Waals surface area contributed by atoms with E-state index < -0.39 is 0 Å². The molecule has 0 heterocycles. The van der Waals surface area contributed by atoms with E-state index in [1.165, 1.54) is 61.7 Å². The van der Waals surface area contributed by atoms with Gasteiger partial charge in [-0.25, -0.2) is 5.57 Å². The van der Waals surface area contributed by atoms with Crippen molar-refractivity contribution in [3.8, 4) is 0 Å². The van der Waals surface area contributed by atoms with E-state index in [1.54, 1.807) is 0 Å². The third-order valence-corrected chi connectivity index (χ3v) is 6.65. The zero-order valence-electron chi connectivity index (χ0n) is 20.5. The van der Waals surface area contributed by atoms with Crippen molar-refractivity contribution in [2.75, 3.05) is 0 Å². The van der Waals surface area contributed by atoms with Crippen molar-refractivity contribution in [2.45, 2.75) is 61.3 Å². The maximum Gasteiger partial charge on any atom is 4.00 e. The summed E-state index contributed by atoms with van der Waals surface area (Å²) < 4.78 is 0. The van der Waals surface area contributed by atoms with Gasteiger partial charge in [-0.2, -0.15) is 33.4 Å². The molecule has 0 spiro atoms. The van der Waals surface area contributed by atoms with E-state index >= 15 is 0 Å². The largest absolute Gasteiger partial charge is 4.00 e. The minimum atomic E-state index is 0. The predicted molar refractivity (Wildman–Crippen MR) is 132 cm³/mol. The molecule has 30 heavy (non-hydrogen) atoms. The van der Waals surface area contributed by atoms with E-state index in [-0.39, 0.29) is 40.7 Å². The van der Waals surface area contributed by atoms with Gasteiger partial charge < -0.3 is 14.9 Å². The summed E-state index contributed by atoms with van der Waals surface area (Å²) in [6, 6.07) is 13.3. The van der Waals surface area contributed by atoms with Gasteiger partial charge in [0.05, 0.1) is 0 Å². The Labute approximate surface area is 204 Å². The van der Waals surface area contributed by atoms with Crippen LogP contribution in [0, 0.1) is 61.5 Å². The summed E-state index contributed by atoms with van der Waals surface area (Å²) in [5.74, 6) is 0.623. The summed E-state index contributed by atoms with van der Waals surface area (Å²) in [5, 5.41) is 2.69. The van der Waals surface area contributed by atoms with E-state index in [0.717, 1.165) is 6.42 Å². The van der Waals surface area contributed by atoms with Gasteiger partial charge >= 0.3 is 25.8 Å². The molecule has 1 aliphatic carbocycles. The summed E-state index contributed by atoms with van der Waals surface area (Å²) in [6.45, 7) is 15.5. The molecular weight excluding hydrogens is 527 g/mol. The Hall–Kier alpha value is -1.34. The molecule has 1 unspecified atom stereocenters. The molecule has 0 aliphatic heterocycles. The number of benzene rings is 2. The van der Waals surface area contributed by atoms with Crippen LogP contribution in [0.1, 0.15) is 59.2 Å². The number of fused-ring (bicyclic) bond motifs is 2. The van der Waals surface area contributed by atoms with Crippen LogP contribution in [0.2, 0.25) is 0 Å². The van der Waals surface area contributed by atoms with Gasteiger partial charge in [0.2, 0.25) is 0 Å². The second-order valence-electron chi connectivity index (χ2n) is 8.06. The Bertz CT molecular complexity index is 921. The Kier molecular flexibility index (Phi) is 11.4. The van der Waals surface area contributed by atoms with Crippen LogP contribution in [-0.2, 0) is 32.3 Å². The maximum absolute atomic E-state index is 3.56. The van der Waals surface area contributed by atoms with E-state index in [2.05, 4.69) is 90.9 Å². The molecule has 0 N–H and O–H groups in total. The predicted octanol–water partition coefficient (Wildman–Crippen LogP) is 8.47. The second kappa shape index (κ2) is 11.9. The topological polar surface area (TPSA) is 0 Å². The first kappa shape index (κ1) is 28.7. The maximum atomic E-state index is 3.56. The van der Waals surface area contributed by atoms with Crippen LogP contribution >= 0.6 is 0 Å². The van der Waals surface area contributed by atoms with Crippen LogP contribution in [0.15, 0.2) is 36.4 Å². The zero-order chi connectivity index (χ0) is 19.7. The fourth-order valence-electron chi connectivity index (χ4n) is 4.02. The Morgan fingerprint density at radius 1 is 0.933 bits per heavy atom. The number of allylic oxidation sites excluding steroid dienone is 2. The molecule has 0 radical (unpaired) electrons. The summed E-state index contributed by atoms with van der Waals surface area (Å²) in [7, 11) is 0. The monoisotopic (exact) mass is 566 g/mol. The Balaban J connectivity index is 0.000000569. The van der Waals surface area contributed by atoms with Crippen molar-refractivity contribution in [2.24, 2.45) is 5.92 Å². The molecule has 1 heteroatoms. The molecule has 0 bridgehead atoms. The van der Waals surface area contributed by atoms with Crippen LogP contribution in [0.4, 0.5) is 0 Å². The van der Waals surface area contributed by atoms with Crippen molar-refractivity contribution in [1.29, 1.82) is 0 Å². The van der Waals surface area contributed by atoms with Crippen LogP contribution in [-0.4, -0.2) is 0 Å². The number of hydrogen-bond acceptors (Lipinski definition) is 0. The van der Waals surface area contributed by atoms with Gasteiger partial charge in [-0.05, 0) is 10.8 Å². The Morgan fingerprint density at radius 3 is 1.87 bits per heavy atom. The SMILES string of the molecule is CCC(C)C1=[C-]Cc2cc3ccccc3cc21.Cc1c(C)c(C)[c-](C)c1C.[CH3-].[CH3-].[Hf+4]. The molecule has 3 aromatic carbocycles. The second-order valence-corrected chi connectivity index (χ2v) is 8.06. The first-order chi connectivity index (χ1) is 12.8. The molecule has 0 aromatic heterocycles. The average Bonchev–Trinajstić information content (AvgIpc) is 3.17. The van der Waals surface area contributed by atoms with Crippen molar-refractivity contribution in [1.82, 2.24) is 0 Å². The van der Waals surface area contributed by atoms with Crippen LogP contribution in [0.25, 0.3) is 16.3 Å².